The molecular formula is C15H26N2O4. The lowest BCUT2D eigenvalue weighted by atomic mass is 9.87. The van der Waals surface area contributed by atoms with Crippen molar-refractivity contribution in [1.82, 2.24) is 9.80 Å². The quantitative estimate of drug-likeness (QED) is 0.862. The smallest absolute Gasteiger partial charge is 0.320 e. The summed E-state index contributed by atoms with van der Waals surface area (Å²) in [5, 5.41) is 8.83. The minimum atomic E-state index is -0.885. The summed E-state index contributed by atoms with van der Waals surface area (Å²) >= 11 is 0. The maximum absolute atomic E-state index is 12.6. The predicted octanol–water partition coefficient (Wildman–Crippen LogP) is 1.79. The van der Waals surface area contributed by atoms with Crippen molar-refractivity contribution in [2.24, 2.45) is 5.92 Å². The summed E-state index contributed by atoms with van der Waals surface area (Å²) in [6.07, 6.45) is 4.03. The molecule has 0 aromatic carbocycles. The van der Waals surface area contributed by atoms with E-state index < -0.39 is 5.97 Å². The zero-order valence-corrected chi connectivity index (χ0v) is 13.0. The molecule has 0 radical (unpaired) electrons. The molecule has 1 unspecified atom stereocenters. The molecule has 1 heterocycles. The molecule has 6 nitrogen and oxygen atoms in total. The van der Waals surface area contributed by atoms with Crippen LogP contribution in [0.2, 0.25) is 0 Å². The van der Waals surface area contributed by atoms with Gasteiger partial charge in [-0.15, -0.1) is 0 Å². The van der Waals surface area contributed by atoms with E-state index in [9.17, 15) is 9.59 Å². The lowest BCUT2D eigenvalue weighted by Crippen LogP contribution is -2.53. The van der Waals surface area contributed by atoms with E-state index in [1.807, 2.05) is 11.9 Å². The second kappa shape index (κ2) is 7.11. The average molecular weight is 298 g/mol. The monoisotopic (exact) mass is 298 g/mol. The molecule has 21 heavy (non-hydrogen) atoms. The Morgan fingerprint density at radius 2 is 1.95 bits per heavy atom. The Bertz CT molecular complexity index is 380. The van der Waals surface area contributed by atoms with Crippen molar-refractivity contribution in [3.63, 3.8) is 0 Å². The summed E-state index contributed by atoms with van der Waals surface area (Å²) in [5.74, 6) is -0.128. The van der Waals surface area contributed by atoms with Crippen LogP contribution in [0.15, 0.2) is 0 Å². The van der Waals surface area contributed by atoms with Crippen molar-refractivity contribution in [3.05, 3.63) is 0 Å². The van der Waals surface area contributed by atoms with E-state index in [-0.39, 0.29) is 18.6 Å². The summed E-state index contributed by atoms with van der Waals surface area (Å²) in [6, 6.07) is 0.322. The third-order valence-corrected chi connectivity index (χ3v) is 4.65. The molecule has 0 aromatic rings. The molecule has 0 aromatic heterocycles. The van der Waals surface area contributed by atoms with Crippen molar-refractivity contribution in [2.45, 2.75) is 51.2 Å². The van der Waals surface area contributed by atoms with Crippen LogP contribution in [0, 0.1) is 5.92 Å². The number of carbonyl (C=O) groups is 2. The summed E-state index contributed by atoms with van der Waals surface area (Å²) < 4.78 is 5.42. The van der Waals surface area contributed by atoms with Crippen LogP contribution >= 0.6 is 0 Å². The molecule has 2 fully saturated rings. The van der Waals surface area contributed by atoms with Crippen molar-refractivity contribution in [2.75, 3.05) is 26.7 Å². The van der Waals surface area contributed by atoms with Crippen LogP contribution in [0.3, 0.4) is 0 Å². The van der Waals surface area contributed by atoms with Crippen LogP contribution in [0.25, 0.3) is 0 Å². The van der Waals surface area contributed by atoms with E-state index >= 15 is 0 Å². The molecule has 120 valence electrons. The van der Waals surface area contributed by atoms with Crippen molar-refractivity contribution >= 4 is 12.0 Å². The van der Waals surface area contributed by atoms with Gasteiger partial charge >= 0.3 is 12.0 Å². The molecular weight excluding hydrogens is 272 g/mol. The zero-order chi connectivity index (χ0) is 15.4. The summed E-state index contributed by atoms with van der Waals surface area (Å²) in [5.41, 5.74) is 0. The Morgan fingerprint density at radius 1 is 1.29 bits per heavy atom. The summed E-state index contributed by atoms with van der Waals surface area (Å²) in [4.78, 5) is 26.9. The molecule has 1 saturated heterocycles. The van der Waals surface area contributed by atoms with E-state index in [2.05, 4.69) is 6.92 Å². The number of amides is 2. The third-order valence-electron chi connectivity index (χ3n) is 4.65. The van der Waals surface area contributed by atoms with Gasteiger partial charge in [0, 0.05) is 26.2 Å². The van der Waals surface area contributed by atoms with Gasteiger partial charge in [-0.2, -0.15) is 0 Å². The molecule has 0 bridgehead atoms. The Kier molecular flexibility index (Phi) is 5.45. The number of carboxylic acids is 1. The molecule has 0 spiro atoms. The molecule has 1 aliphatic carbocycles. The topological polar surface area (TPSA) is 70.1 Å². The fourth-order valence-corrected chi connectivity index (χ4v) is 3.22. The molecule has 1 aliphatic heterocycles. The van der Waals surface area contributed by atoms with Crippen LogP contribution in [0.5, 0.6) is 0 Å². The zero-order valence-electron chi connectivity index (χ0n) is 13.0. The van der Waals surface area contributed by atoms with Gasteiger partial charge in [0.25, 0.3) is 0 Å². The lowest BCUT2D eigenvalue weighted by molar-refractivity contribution is -0.141. The number of morpholine rings is 1. The number of hydrogen-bond acceptors (Lipinski definition) is 3. The second-order valence-corrected chi connectivity index (χ2v) is 6.34. The molecule has 2 aliphatic rings. The van der Waals surface area contributed by atoms with Crippen LogP contribution in [-0.4, -0.2) is 65.8 Å². The number of rotatable bonds is 3. The Balaban J connectivity index is 1.87. The number of hydrogen-bond donors (Lipinski definition) is 1. The fraction of sp³-hybridized carbons (Fsp3) is 0.867. The predicted molar refractivity (Wildman–Crippen MR) is 78.1 cm³/mol. The first-order valence-electron chi connectivity index (χ1n) is 7.82. The maximum Gasteiger partial charge on any atom is 0.320 e. The van der Waals surface area contributed by atoms with Gasteiger partial charge < -0.3 is 19.6 Å². The van der Waals surface area contributed by atoms with Gasteiger partial charge in [-0.3, -0.25) is 4.79 Å². The number of carbonyl (C=O) groups excluding carboxylic acids is 1. The van der Waals surface area contributed by atoms with Gasteiger partial charge in [-0.1, -0.05) is 6.92 Å². The van der Waals surface area contributed by atoms with Gasteiger partial charge in [0.2, 0.25) is 0 Å². The van der Waals surface area contributed by atoms with E-state index in [1.165, 1.54) is 12.8 Å². The van der Waals surface area contributed by atoms with Crippen molar-refractivity contribution in [3.8, 4) is 0 Å². The number of aliphatic carboxylic acids is 1. The minimum Gasteiger partial charge on any atom is -0.481 e. The van der Waals surface area contributed by atoms with Gasteiger partial charge in [0.05, 0.1) is 19.1 Å². The highest BCUT2D eigenvalue weighted by molar-refractivity contribution is 5.75. The molecule has 1 atom stereocenters. The van der Waals surface area contributed by atoms with Gasteiger partial charge in [0.1, 0.15) is 0 Å². The van der Waals surface area contributed by atoms with Crippen LogP contribution in [0.4, 0.5) is 4.79 Å². The average Bonchev–Trinajstić information content (AvgIpc) is 2.46. The molecule has 2 amide bonds. The second-order valence-electron chi connectivity index (χ2n) is 6.34. The van der Waals surface area contributed by atoms with Crippen molar-refractivity contribution < 1.29 is 19.4 Å². The summed E-state index contributed by atoms with van der Waals surface area (Å²) in [6.45, 7) is 3.59. The normalized spacial score (nSPS) is 30.0. The number of carboxylic acid groups (broad SMARTS) is 1. The fourth-order valence-electron chi connectivity index (χ4n) is 3.22. The maximum atomic E-state index is 12.6. The Hall–Kier alpha value is -1.30. The van der Waals surface area contributed by atoms with Crippen LogP contribution in [-0.2, 0) is 9.53 Å². The lowest BCUT2D eigenvalue weighted by Gasteiger charge is -2.39. The number of ether oxygens (including phenoxy) is 1. The van der Waals surface area contributed by atoms with Crippen LogP contribution < -0.4 is 0 Å². The van der Waals surface area contributed by atoms with Gasteiger partial charge in [-0.25, -0.2) is 4.79 Å². The molecule has 1 N–H and O–H groups in total. The van der Waals surface area contributed by atoms with Gasteiger partial charge in [-0.05, 0) is 31.6 Å². The van der Waals surface area contributed by atoms with Crippen LogP contribution in [0.1, 0.15) is 39.0 Å². The number of nitrogens with zero attached hydrogens (tertiary/aromatic N) is 2. The van der Waals surface area contributed by atoms with E-state index in [0.717, 1.165) is 18.8 Å². The molecule has 1 saturated carbocycles. The van der Waals surface area contributed by atoms with E-state index in [4.69, 9.17) is 9.84 Å². The highest BCUT2D eigenvalue weighted by Gasteiger charge is 2.31. The van der Waals surface area contributed by atoms with Gasteiger partial charge in [0.15, 0.2) is 0 Å². The third kappa shape index (κ3) is 4.33. The largest absolute Gasteiger partial charge is 0.481 e. The first-order valence-corrected chi connectivity index (χ1v) is 7.82. The highest BCUT2D eigenvalue weighted by Crippen LogP contribution is 2.27. The SMILES string of the molecule is CC1CCC(N(C)C(=O)N2CCOC(CC(=O)O)C2)CC1. The first-order chi connectivity index (χ1) is 9.97. The Labute approximate surface area is 126 Å². The molecule has 6 heteroatoms. The van der Waals surface area contributed by atoms with E-state index in [1.54, 1.807) is 4.90 Å². The van der Waals surface area contributed by atoms with E-state index in [0.29, 0.717) is 25.7 Å². The highest BCUT2D eigenvalue weighted by atomic mass is 16.5. The summed E-state index contributed by atoms with van der Waals surface area (Å²) in [7, 11) is 1.87. The Morgan fingerprint density at radius 3 is 2.57 bits per heavy atom. The first kappa shape index (κ1) is 16.1. The van der Waals surface area contributed by atoms with Crippen molar-refractivity contribution in [1.29, 1.82) is 0 Å². The number of urea groups is 1. The standard InChI is InChI=1S/C15H26N2O4/c1-11-3-5-12(6-4-11)16(2)15(20)17-7-8-21-13(10-17)9-14(18)19/h11-13H,3-10H2,1-2H3,(H,18,19). The minimum absolute atomic E-state index is 0.00763. The molecule has 2 rings (SSSR count).